The summed E-state index contributed by atoms with van der Waals surface area (Å²) < 4.78 is 0. The third-order valence-corrected chi connectivity index (χ3v) is 4.84. The average Bonchev–Trinajstić information content (AvgIpc) is 2.90. The second kappa shape index (κ2) is 10.1. The number of hydrogen-bond acceptors (Lipinski definition) is 3. The normalized spacial score (nSPS) is 19.6. The van der Waals surface area contributed by atoms with Gasteiger partial charge in [0.1, 0.15) is 5.82 Å². The van der Waals surface area contributed by atoms with E-state index in [1.165, 1.54) is 44.9 Å². The highest BCUT2D eigenvalue weighted by molar-refractivity contribution is 14.0. The minimum atomic E-state index is 0. The Morgan fingerprint density at radius 3 is 2.21 bits per heavy atom. The fourth-order valence-corrected chi connectivity index (χ4v) is 3.39. The van der Waals surface area contributed by atoms with Gasteiger partial charge in [0.25, 0.3) is 0 Å². The van der Waals surface area contributed by atoms with Crippen LogP contribution in [0, 0.1) is 0 Å². The Morgan fingerprint density at radius 2 is 1.58 bits per heavy atom. The van der Waals surface area contributed by atoms with E-state index in [9.17, 15) is 0 Å². The van der Waals surface area contributed by atoms with Gasteiger partial charge < -0.3 is 15.5 Å². The lowest BCUT2D eigenvalue weighted by atomic mass is 10.1. The zero-order chi connectivity index (χ0) is 15.9. The molecule has 1 aromatic rings. The fraction of sp³-hybridized carbons (Fsp3) is 0.667. The first-order chi connectivity index (χ1) is 11.3. The van der Waals surface area contributed by atoms with Gasteiger partial charge in [0.15, 0.2) is 5.96 Å². The van der Waals surface area contributed by atoms with Crippen molar-refractivity contribution in [1.82, 2.24) is 9.88 Å². The molecule has 0 saturated carbocycles. The van der Waals surface area contributed by atoms with Gasteiger partial charge in [0.2, 0.25) is 0 Å². The SMILES string of the molecule is I.NC(=NCc1ccc(N2CCCCCC2)nc1)N1CCCCC1. The highest BCUT2D eigenvalue weighted by Crippen LogP contribution is 2.17. The Morgan fingerprint density at radius 1 is 0.958 bits per heavy atom. The monoisotopic (exact) mass is 443 g/mol. The molecule has 2 aliphatic heterocycles. The molecule has 0 aromatic carbocycles. The first kappa shape index (κ1) is 19.3. The van der Waals surface area contributed by atoms with Gasteiger partial charge in [0.05, 0.1) is 6.54 Å². The number of aliphatic imine (C=N–C) groups is 1. The highest BCUT2D eigenvalue weighted by Gasteiger charge is 2.12. The maximum atomic E-state index is 6.11. The summed E-state index contributed by atoms with van der Waals surface area (Å²) in [7, 11) is 0. The lowest BCUT2D eigenvalue weighted by Crippen LogP contribution is -2.40. The van der Waals surface area contributed by atoms with E-state index in [1.54, 1.807) is 0 Å². The van der Waals surface area contributed by atoms with Crippen molar-refractivity contribution in [2.24, 2.45) is 10.7 Å². The van der Waals surface area contributed by atoms with E-state index in [1.807, 2.05) is 6.20 Å². The third-order valence-electron chi connectivity index (χ3n) is 4.84. The van der Waals surface area contributed by atoms with Crippen LogP contribution in [0.25, 0.3) is 0 Å². The zero-order valence-corrected chi connectivity index (χ0v) is 16.8. The van der Waals surface area contributed by atoms with E-state index in [0.717, 1.165) is 37.6 Å². The quantitative estimate of drug-likeness (QED) is 0.442. The van der Waals surface area contributed by atoms with Crippen LogP contribution in [0.1, 0.15) is 50.5 Å². The number of nitrogens with two attached hydrogens (primary N) is 1. The number of nitrogens with zero attached hydrogens (tertiary/aromatic N) is 4. The summed E-state index contributed by atoms with van der Waals surface area (Å²) in [4.78, 5) is 13.8. The molecule has 0 bridgehead atoms. The Hall–Kier alpha value is -1.05. The minimum Gasteiger partial charge on any atom is -0.370 e. The van der Waals surface area contributed by atoms with Gasteiger partial charge in [-0.3, -0.25) is 0 Å². The molecule has 0 spiro atoms. The first-order valence-electron chi connectivity index (χ1n) is 9.08. The molecule has 24 heavy (non-hydrogen) atoms. The van der Waals surface area contributed by atoms with Crippen molar-refractivity contribution in [3.8, 4) is 0 Å². The second-order valence-corrected chi connectivity index (χ2v) is 6.65. The topological polar surface area (TPSA) is 57.8 Å². The number of anilines is 1. The van der Waals surface area contributed by atoms with Gasteiger partial charge in [-0.05, 0) is 43.7 Å². The second-order valence-electron chi connectivity index (χ2n) is 6.65. The van der Waals surface area contributed by atoms with E-state index in [4.69, 9.17) is 5.73 Å². The smallest absolute Gasteiger partial charge is 0.191 e. The number of guanidine groups is 1. The Kier molecular flexibility index (Phi) is 8.08. The van der Waals surface area contributed by atoms with Crippen molar-refractivity contribution in [2.75, 3.05) is 31.1 Å². The lowest BCUT2D eigenvalue weighted by molar-refractivity contribution is 0.338. The molecule has 3 heterocycles. The van der Waals surface area contributed by atoms with Crippen LogP contribution in [-0.4, -0.2) is 42.0 Å². The van der Waals surface area contributed by atoms with Crippen LogP contribution in [0.2, 0.25) is 0 Å². The van der Waals surface area contributed by atoms with E-state index in [2.05, 4.69) is 31.9 Å². The molecule has 2 fully saturated rings. The molecule has 5 nitrogen and oxygen atoms in total. The van der Waals surface area contributed by atoms with Crippen LogP contribution in [0.3, 0.4) is 0 Å². The van der Waals surface area contributed by atoms with Crippen molar-refractivity contribution < 1.29 is 0 Å². The zero-order valence-electron chi connectivity index (χ0n) is 14.5. The number of aromatic nitrogens is 1. The third kappa shape index (κ3) is 5.50. The van der Waals surface area contributed by atoms with Gasteiger partial charge in [0, 0.05) is 32.4 Å². The number of hydrogen-bond donors (Lipinski definition) is 1. The Bertz CT molecular complexity index is 503. The van der Waals surface area contributed by atoms with E-state index < -0.39 is 0 Å². The average molecular weight is 443 g/mol. The predicted molar refractivity (Wildman–Crippen MR) is 111 cm³/mol. The minimum absolute atomic E-state index is 0. The molecule has 3 rings (SSSR count). The number of pyridine rings is 1. The molecule has 2 N–H and O–H groups in total. The first-order valence-corrected chi connectivity index (χ1v) is 9.08. The molecular formula is C18H30IN5. The van der Waals surface area contributed by atoms with Crippen LogP contribution >= 0.6 is 24.0 Å². The number of halogens is 1. The summed E-state index contributed by atoms with van der Waals surface area (Å²) in [5.41, 5.74) is 7.24. The van der Waals surface area contributed by atoms with Crippen molar-refractivity contribution in [1.29, 1.82) is 0 Å². The van der Waals surface area contributed by atoms with Gasteiger partial charge >= 0.3 is 0 Å². The summed E-state index contributed by atoms with van der Waals surface area (Å²) >= 11 is 0. The van der Waals surface area contributed by atoms with Crippen molar-refractivity contribution >= 4 is 35.8 Å². The number of piperidine rings is 1. The highest BCUT2D eigenvalue weighted by atomic mass is 127. The van der Waals surface area contributed by atoms with Crippen molar-refractivity contribution in [3.05, 3.63) is 23.9 Å². The van der Waals surface area contributed by atoms with Crippen LogP contribution in [0.15, 0.2) is 23.3 Å². The molecule has 0 aliphatic carbocycles. The molecule has 134 valence electrons. The van der Waals surface area contributed by atoms with Crippen LogP contribution in [-0.2, 0) is 6.54 Å². The summed E-state index contributed by atoms with van der Waals surface area (Å²) in [5, 5.41) is 0. The Balaban J connectivity index is 0.00000208. The Labute approximate surface area is 162 Å². The maximum absolute atomic E-state index is 6.11. The van der Waals surface area contributed by atoms with E-state index in [0.29, 0.717) is 12.5 Å². The van der Waals surface area contributed by atoms with Crippen molar-refractivity contribution in [2.45, 2.75) is 51.5 Å². The molecule has 6 heteroatoms. The van der Waals surface area contributed by atoms with E-state index >= 15 is 0 Å². The summed E-state index contributed by atoms with van der Waals surface area (Å²) in [6.45, 7) is 4.97. The predicted octanol–water partition coefficient (Wildman–Crippen LogP) is 3.38. The maximum Gasteiger partial charge on any atom is 0.191 e. The summed E-state index contributed by atoms with van der Waals surface area (Å²) in [6, 6.07) is 4.27. The lowest BCUT2D eigenvalue weighted by Gasteiger charge is -2.27. The summed E-state index contributed by atoms with van der Waals surface area (Å²) in [6.07, 6.45) is 11.0. The fourth-order valence-electron chi connectivity index (χ4n) is 3.39. The van der Waals surface area contributed by atoms with Crippen LogP contribution in [0.4, 0.5) is 5.82 Å². The van der Waals surface area contributed by atoms with Gasteiger partial charge in [-0.25, -0.2) is 9.98 Å². The molecule has 0 atom stereocenters. The molecule has 2 saturated heterocycles. The largest absolute Gasteiger partial charge is 0.370 e. The molecule has 2 aliphatic rings. The summed E-state index contributed by atoms with van der Waals surface area (Å²) in [5.74, 6) is 1.78. The standard InChI is InChI=1S/C18H29N5.HI/c19-18(23-12-6-3-7-13-23)21-15-16-8-9-17(20-14-16)22-10-4-1-2-5-11-22;/h8-9,14H,1-7,10-13,15H2,(H2,19,21);1H. The number of rotatable bonds is 3. The van der Waals surface area contributed by atoms with Gasteiger partial charge in [-0.15, -0.1) is 24.0 Å². The van der Waals surface area contributed by atoms with Gasteiger partial charge in [-0.2, -0.15) is 0 Å². The van der Waals surface area contributed by atoms with Crippen LogP contribution in [0.5, 0.6) is 0 Å². The van der Waals surface area contributed by atoms with Crippen LogP contribution < -0.4 is 10.6 Å². The molecule has 0 unspecified atom stereocenters. The molecule has 1 aromatic heterocycles. The number of likely N-dealkylation sites (tertiary alicyclic amines) is 1. The van der Waals surface area contributed by atoms with Gasteiger partial charge in [-0.1, -0.05) is 18.9 Å². The molecular weight excluding hydrogens is 413 g/mol. The van der Waals surface area contributed by atoms with Crippen molar-refractivity contribution in [3.63, 3.8) is 0 Å². The molecule has 0 radical (unpaired) electrons. The van der Waals surface area contributed by atoms with E-state index in [-0.39, 0.29) is 24.0 Å². The molecule has 0 amide bonds.